The lowest BCUT2D eigenvalue weighted by molar-refractivity contribution is 0.115. The fraction of sp³-hybridized carbons (Fsp3) is 0.800. The van der Waals surface area contributed by atoms with Crippen LogP contribution in [0.2, 0.25) is 0 Å². The zero-order valence-electron chi connectivity index (χ0n) is 12.3. The Hall–Kier alpha value is -0.450. The predicted octanol–water partition coefficient (Wildman–Crippen LogP) is 3.08. The van der Waals surface area contributed by atoms with E-state index in [1.807, 2.05) is 11.3 Å². The monoisotopic (exact) mass is 282 g/mol. The van der Waals surface area contributed by atoms with Gasteiger partial charge >= 0.3 is 0 Å². The van der Waals surface area contributed by atoms with E-state index in [1.54, 1.807) is 0 Å². The van der Waals surface area contributed by atoms with Crippen LogP contribution in [0.25, 0.3) is 0 Å². The molecule has 1 aromatic rings. The third kappa shape index (κ3) is 4.01. The summed E-state index contributed by atoms with van der Waals surface area (Å²) in [5.41, 5.74) is 1.34. The first-order valence-electron chi connectivity index (χ1n) is 7.48. The number of hydrogen-bond acceptors (Lipinski definition) is 4. The number of rotatable bonds is 6. The quantitative estimate of drug-likeness (QED) is 0.843. The van der Waals surface area contributed by atoms with Crippen molar-refractivity contribution in [1.82, 2.24) is 10.3 Å². The van der Waals surface area contributed by atoms with E-state index in [2.05, 4.69) is 26.1 Å². The van der Waals surface area contributed by atoms with Crippen molar-refractivity contribution < 1.29 is 5.11 Å². The maximum atomic E-state index is 9.79. The van der Waals surface area contributed by atoms with Crippen LogP contribution in [0.15, 0.2) is 0 Å². The molecule has 0 amide bonds. The average Bonchev–Trinajstić information content (AvgIpc) is 2.82. The number of nitrogens with one attached hydrogen (secondary N) is 1. The molecule has 3 nitrogen and oxygen atoms in total. The van der Waals surface area contributed by atoms with Gasteiger partial charge in [-0.2, -0.15) is 0 Å². The lowest BCUT2D eigenvalue weighted by Crippen LogP contribution is -2.25. The highest BCUT2D eigenvalue weighted by atomic mass is 32.1. The van der Waals surface area contributed by atoms with Gasteiger partial charge in [0.2, 0.25) is 0 Å². The summed E-state index contributed by atoms with van der Waals surface area (Å²) in [5.74, 6) is 0.337. The largest absolute Gasteiger partial charge is 0.393 e. The molecule has 2 unspecified atom stereocenters. The normalized spacial score (nSPS) is 18.4. The highest BCUT2D eigenvalue weighted by Crippen LogP contribution is 2.29. The Morgan fingerprint density at radius 1 is 1.26 bits per heavy atom. The van der Waals surface area contributed by atoms with Gasteiger partial charge < -0.3 is 10.4 Å². The standard InChI is InChI=1S/C15H26N2OS/c1-10(2)13(18)8-9-16-11(3)15-17-12-6-4-5-7-14(12)19-15/h10-11,13,16,18H,4-9H2,1-3H3. The second-order valence-corrected chi connectivity index (χ2v) is 7.02. The van der Waals surface area contributed by atoms with E-state index < -0.39 is 0 Å². The van der Waals surface area contributed by atoms with Crippen LogP contribution in [0.3, 0.4) is 0 Å². The molecule has 1 aliphatic rings. The smallest absolute Gasteiger partial charge is 0.110 e. The number of aliphatic hydroxyl groups is 1. The maximum absolute atomic E-state index is 9.79. The van der Waals surface area contributed by atoms with Gasteiger partial charge in [-0.25, -0.2) is 4.98 Å². The summed E-state index contributed by atoms with van der Waals surface area (Å²) in [6.45, 7) is 7.14. The predicted molar refractivity (Wildman–Crippen MR) is 80.6 cm³/mol. The zero-order chi connectivity index (χ0) is 13.8. The summed E-state index contributed by atoms with van der Waals surface area (Å²) in [6.07, 6.45) is 5.59. The Kier molecular flexibility index (Phi) is 5.37. The van der Waals surface area contributed by atoms with Gasteiger partial charge in [-0.05, 0) is 51.5 Å². The minimum Gasteiger partial charge on any atom is -0.393 e. The van der Waals surface area contributed by atoms with Gasteiger partial charge in [0.1, 0.15) is 5.01 Å². The topological polar surface area (TPSA) is 45.1 Å². The van der Waals surface area contributed by atoms with E-state index >= 15 is 0 Å². The first-order valence-corrected chi connectivity index (χ1v) is 8.29. The number of aliphatic hydroxyl groups excluding tert-OH is 1. The Morgan fingerprint density at radius 3 is 2.68 bits per heavy atom. The summed E-state index contributed by atoms with van der Waals surface area (Å²) in [6, 6.07) is 0.301. The van der Waals surface area contributed by atoms with Crippen molar-refractivity contribution in [3.05, 3.63) is 15.6 Å². The van der Waals surface area contributed by atoms with Crippen molar-refractivity contribution in [2.45, 2.75) is 65.0 Å². The highest BCUT2D eigenvalue weighted by Gasteiger charge is 2.18. The first-order chi connectivity index (χ1) is 9.08. The Bertz CT molecular complexity index is 379. The van der Waals surface area contributed by atoms with Crippen molar-refractivity contribution in [2.75, 3.05) is 6.54 Å². The third-order valence-electron chi connectivity index (χ3n) is 3.89. The number of thiazole rings is 1. The van der Waals surface area contributed by atoms with Gasteiger partial charge in [0, 0.05) is 4.88 Å². The molecule has 0 aliphatic heterocycles. The molecule has 0 aromatic carbocycles. The molecule has 1 aromatic heterocycles. The van der Waals surface area contributed by atoms with E-state index in [9.17, 15) is 5.11 Å². The van der Waals surface area contributed by atoms with Crippen LogP contribution in [-0.4, -0.2) is 22.7 Å². The molecule has 4 heteroatoms. The second-order valence-electron chi connectivity index (χ2n) is 5.90. The molecule has 1 aliphatic carbocycles. The molecule has 0 fully saturated rings. The van der Waals surface area contributed by atoms with Gasteiger partial charge in [0.05, 0.1) is 17.8 Å². The van der Waals surface area contributed by atoms with E-state index in [0.717, 1.165) is 19.4 Å². The van der Waals surface area contributed by atoms with Crippen LogP contribution in [0, 0.1) is 5.92 Å². The van der Waals surface area contributed by atoms with E-state index in [-0.39, 0.29) is 6.10 Å². The Labute approximate surface area is 120 Å². The second kappa shape index (κ2) is 6.82. The molecule has 2 atom stereocenters. The van der Waals surface area contributed by atoms with Crippen molar-refractivity contribution in [2.24, 2.45) is 5.92 Å². The Morgan fingerprint density at radius 2 is 2.00 bits per heavy atom. The third-order valence-corrected chi connectivity index (χ3v) is 5.23. The summed E-state index contributed by atoms with van der Waals surface area (Å²) >= 11 is 1.87. The van der Waals surface area contributed by atoms with E-state index in [0.29, 0.717) is 12.0 Å². The van der Waals surface area contributed by atoms with Crippen LogP contribution in [-0.2, 0) is 12.8 Å². The van der Waals surface area contributed by atoms with Crippen molar-refractivity contribution in [3.8, 4) is 0 Å². The van der Waals surface area contributed by atoms with Crippen LogP contribution >= 0.6 is 11.3 Å². The van der Waals surface area contributed by atoms with Gasteiger partial charge in [-0.15, -0.1) is 11.3 Å². The maximum Gasteiger partial charge on any atom is 0.110 e. The van der Waals surface area contributed by atoms with Crippen molar-refractivity contribution >= 4 is 11.3 Å². The molecule has 0 spiro atoms. The van der Waals surface area contributed by atoms with Crippen LogP contribution in [0.4, 0.5) is 0 Å². The minimum atomic E-state index is -0.204. The van der Waals surface area contributed by atoms with E-state index in [1.165, 1.54) is 34.8 Å². The van der Waals surface area contributed by atoms with Crippen LogP contribution < -0.4 is 5.32 Å². The summed E-state index contributed by atoms with van der Waals surface area (Å²) in [7, 11) is 0. The van der Waals surface area contributed by atoms with Crippen molar-refractivity contribution in [1.29, 1.82) is 0 Å². The van der Waals surface area contributed by atoms with Gasteiger partial charge in [0.15, 0.2) is 0 Å². The molecule has 0 radical (unpaired) electrons. The van der Waals surface area contributed by atoms with E-state index in [4.69, 9.17) is 4.98 Å². The summed E-state index contributed by atoms with van der Waals surface area (Å²) in [5, 5.41) is 14.5. The molecule has 2 rings (SSSR count). The van der Waals surface area contributed by atoms with Gasteiger partial charge in [-0.1, -0.05) is 13.8 Å². The lowest BCUT2D eigenvalue weighted by atomic mass is 10.0. The highest BCUT2D eigenvalue weighted by molar-refractivity contribution is 7.11. The SMILES string of the molecule is CC(NCCC(O)C(C)C)c1nc2c(s1)CCCC2. The number of hydrogen-bond donors (Lipinski definition) is 2. The van der Waals surface area contributed by atoms with Crippen LogP contribution in [0.5, 0.6) is 0 Å². The first kappa shape index (κ1) is 14.9. The molecule has 1 heterocycles. The Balaban J connectivity index is 1.83. The lowest BCUT2D eigenvalue weighted by Gasteiger charge is -2.16. The average molecular weight is 282 g/mol. The molecule has 108 valence electrons. The van der Waals surface area contributed by atoms with Gasteiger partial charge in [-0.3, -0.25) is 0 Å². The van der Waals surface area contributed by atoms with Crippen molar-refractivity contribution in [3.63, 3.8) is 0 Å². The number of nitrogens with zero attached hydrogens (tertiary/aromatic N) is 1. The number of fused-ring (bicyclic) bond motifs is 1. The summed E-state index contributed by atoms with van der Waals surface area (Å²) < 4.78 is 0. The fourth-order valence-corrected chi connectivity index (χ4v) is 3.61. The fourth-order valence-electron chi connectivity index (χ4n) is 2.43. The molecular weight excluding hydrogens is 256 g/mol. The number of aryl methyl sites for hydroxylation is 2. The summed E-state index contributed by atoms with van der Waals surface area (Å²) in [4.78, 5) is 6.27. The molecule has 0 saturated heterocycles. The minimum absolute atomic E-state index is 0.204. The van der Waals surface area contributed by atoms with Gasteiger partial charge in [0.25, 0.3) is 0 Å². The molecule has 2 N–H and O–H groups in total. The molecule has 0 bridgehead atoms. The zero-order valence-corrected chi connectivity index (χ0v) is 13.1. The number of aromatic nitrogens is 1. The molecule has 19 heavy (non-hydrogen) atoms. The van der Waals surface area contributed by atoms with Crippen LogP contribution in [0.1, 0.15) is 61.7 Å². The molecular formula is C15H26N2OS. The molecule has 0 saturated carbocycles.